The van der Waals surface area contributed by atoms with Crippen LogP contribution in [0, 0.1) is 0 Å². The first-order chi connectivity index (χ1) is 33.8. The number of ether oxygens (including phenoxy) is 9. The van der Waals surface area contributed by atoms with Gasteiger partial charge in [-0.1, -0.05) is 0 Å². The third kappa shape index (κ3) is 13.2. The van der Waals surface area contributed by atoms with Gasteiger partial charge in [-0.15, -0.1) is 0 Å². The maximum absolute atomic E-state index is 12.9. The zero-order valence-electron chi connectivity index (χ0n) is 39.8. The van der Waals surface area contributed by atoms with Crippen LogP contribution in [-0.4, -0.2) is 276 Å². The summed E-state index contributed by atoms with van der Waals surface area (Å²) in [5.74, 6) is -3.91. The fourth-order valence-corrected chi connectivity index (χ4v) is 9.49. The first-order valence-corrected chi connectivity index (χ1v) is 22.9. The number of carbonyl (C=O) groups excluding carboxylic acids is 5. The van der Waals surface area contributed by atoms with Crippen molar-refractivity contribution < 1.29 is 128 Å². The first-order valence-electron chi connectivity index (χ1n) is 22.9. The van der Waals surface area contributed by atoms with Gasteiger partial charge < -0.3 is 131 Å². The second-order valence-corrected chi connectivity index (χ2v) is 18.3. The number of aliphatic hydroxyl groups is 12. The molecule has 18 N–H and O–H groups in total. The highest BCUT2D eigenvalue weighted by Gasteiger charge is 2.62. The van der Waals surface area contributed by atoms with Gasteiger partial charge in [-0.2, -0.15) is 0 Å². The molecule has 0 radical (unpaired) electrons. The lowest BCUT2D eigenvalue weighted by molar-refractivity contribution is -0.376. The lowest BCUT2D eigenvalue weighted by atomic mass is 9.78. The van der Waals surface area contributed by atoms with Gasteiger partial charge in [-0.3, -0.25) is 24.0 Å². The highest BCUT2D eigenvalue weighted by molar-refractivity contribution is 5.78. The van der Waals surface area contributed by atoms with E-state index < -0.39 is 222 Å². The van der Waals surface area contributed by atoms with Gasteiger partial charge in [0, 0.05) is 34.1 Å². The Bertz CT molecular complexity index is 1840. The molecule has 5 fully saturated rings. The molecule has 31 heteroatoms. The van der Waals surface area contributed by atoms with E-state index in [1.807, 2.05) is 0 Å². The Morgan fingerprint density at radius 3 is 1.26 bits per heavy atom. The number of ketones is 1. The zero-order valence-corrected chi connectivity index (χ0v) is 39.8. The van der Waals surface area contributed by atoms with Crippen molar-refractivity contribution in [2.45, 2.75) is 194 Å². The maximum Gasteiger partial charge on any atom is 0.217 e. The zero-order chi connectivity index (χ0) is 53.7. The number of amides is 4. The minimum absolute atomic E-state index is 0.693. The molecule has 5 saturated heterocycles. The number of rotatable bonds is 19. The smallest absolute Gasteiger partial charge is 0.217 e. The van der Waals surface area contributed by atoms with Crippen molar-refractivity contribution in [1.82, 2.24) is 21.3 Å². The molecular formula is C41H69N5O26. The number of aliphatic hydroxyl groups excluding tert-OH is 11. The second-order valence-electron chi connectivity index (χ2n) is 18.3. The van der Waals surface area contributed by atoms with Gasteiger partial charge in [0.1, 0.15) is 121 Å². The molecule has 4 amide bonds. The average molecular weight is 1050 g/mol. The second kappa shape index (κ2) is 25.5. The molecule has 414 valence electrons. The van der Waals surface area contributed by atoms with Gasteiger partial charge in [0.25, 0.3) is 0 Å². The molecule has 5 heterocycles. The summed E-state index contributed by atoms with van der Waals surface area (Å²) in [6.07, 6.45) is -34.8. The summed E-state index contributed by atoms with van der Waals surface area (Å²) in [5, 5.41) is 140. The lowest BCUT2D eigenvalue weighted by Crippen LogP contribution is -2.75. The molecule has 0 bridgehead atoms. The molecule has 0 spiro atoms. The van der Waals surface area contributed by atoms with Crippen LogP contribution in [0.5, 0.6) is 0 Å². The Morgan fingerprint density at radius 2 is 0.847 bits per heavy atom. The molecular weight excluding hydrogens is 978 g/mol. The number of hydrogen-bond donors (Lipinski definition) is 17. The standard InChI is InChI=1S/C41H69N5O26/c1-12(52)6-41(63)34(46-16(5)56)40(68-21(11-51)35(41)72-37-22(42)27(58)26(57)17(7-47)65-37)71-33-20(10-50)67-39(25(30(33)61)45-15(4)55)70-32-19(9-49)66-38(24(29(32)60)44-14(3)54)69-31-18(8-48)64-36(62)23(28(31)59)43-13(2)53/h17-40,47-51,57-63H,6-11,42H2,1-5H3,(H,43,53)(H,44,54)(H,45,55)(H,46,56). The molecule has 0 aromatic carbocycles. The number of carbonyl (C=O) groups is 5. The van der Waals surface area contributed by atoms with Crippen molar-refractivity contribution >= 4 is 29.4 Å². The number of nitrogens with one attached hydrogen (secondary N) is 4. The van der Waals surface area contributed by atoms with E-state index >= 15 is 0 Å². The van der Waals surface area contributed by atoms with Crippen molar-refractivity contribution in [1.29, 1.82) is 0 Å². The minimum atomic E-state index is -2.66. The fraction of sp³-hybridized carbons (Fsp3) is 0.878. The summed E-state index contributed by atoms with van der Waals surface area (Å²) in [5.41, 5.74) is 3.43. The van der Waals surface area contributed by atoms with Gasteiger partial charge in [0.05, 0.1) is 39.1 Å². The molecule has 31 nitrogen and oxygen atoms in total. The Hall–Kier alpha value is -3.33. The fourth-order valence-electron chi connectivity index (χ4n) is 9.49. The summed E-state index contributed by atoms with van der Waals surface area (Å²) in [7, 11) is 0. The number of hydrogen-bond acceptors (Lipinski definition) is 27. The topological polar surface area (TPSA) is 485 Å². The highest BCUT2D eigenvalue weighted by atomic mass is 16.8. The summed E-state index contributed by atoms with van der Waals surface area (Å²) < 4.78 is 53.1. The summed E-state index contributed by atoms with van der Waals surface area (Å²) >= 11 is 0. The monoisotopic (exact) mass is 1050 g/mol. The van der Waals surface area contributed by atoms with Crippen molar-refractivity contribution in [3.8, 4) is 0 Å². The number of nitrogens with two attached hydrogens (primary N) is 1. The van der Waals surface area contributed by atoms with Gasteiger partial charge >= 0.3 is 0 Å². The molecule has 5 aliphatic rings. The molecule has 5 rings (SSSR count). The van der Waals surface area contributed by atoms with Gasteiger partial charge in [0.15, 0.2) is 31.5 Å². The van der Waals surface area contributed by atoms with Crippen LogP contribution in [0.25, 0.3) is 0 Å². The quantitative estimate of drug-likeness (QED) is 0.0571. The average Bonchev–Trinajstić information content (AvgIpc) is 3.30. The first kappa shape index (κ1) is 59.5. The Morgan fingerprint density at radius 1 is 0.472 bits per heavy atom. The van der Waals surface area contributed by atoms with E-state index in [4.69, 9.17) is 48.4 Å². The predicted octanol–water partition coefficient (Wildman–Crippen LogP) is -11.0. The highest BCUT2D eigenvalue weighted by Crippen LogP contribution is 2.40. The van der Waals surface area contributed by atoms with Crippen LogP contribution in [0.4, 0.5) is 0 Å². The van der Waals surface area contributed by atoms with Gasteiger partial charge in [-0.25, -0.2) is 0 Å². The molecule has 25 unspecified atom stereocenters. The largest absolute Gasteiger partial charge is 0.394 e. The van der Waals surface area contributed by atoms with Crippen molar-refractivity contribution in [2.24, 2.45) is 5.73 Å². The van der Waals surface area contributed by atoms with Crippen LogP contribution >= 0.6 is 0 Å². The maximum atomic E-state index is 12.9. The van der Waals surface area contributed by atoms with E-state index in [1.165, 1.54) is 0 Å². The Kier molecular flexibility index (Phi) is 21.1. The van der Waals surface area contributed by atoms with Gasteiger partial charge in [0.2, 0.25) is 23.6 Å². The summed E-state index contributed by atoms with van der Waals surface area (Å²) in [6.45, 7) is 0.454. The minimum Gasteiger partial charge on any atom is -0.394 e. The van der Waals surface area contributed by atoms with E-state index in [9.17, 15) is 85.3 Å². The summed E-state index contributed by atoms with van der Waals surface area (Å²) in [4.78, 5) is 62.8. The van der Waals surface area contributed by atoms with E-state index in [-0.39, 0.29) is 0 Å². The van der Waals surface area contributed by atoms with E-state index in [0.717, 1.165) is 34.6 Å². The van der Waals surface area contributed by atoms with Crippen LogP contribution in [0.15, 0.2) is 0 Å². The van der Waals surface area contributed by atoms with Crippen LogP contribution in [0.2, 0.25) is 0 Å². The molecule has 0 aliphatic carbocycles. The summed E-state index contributed by atoms with van der Waals surface area (Å²) in [6, 6.07) is -8.41. The normalized spacial score (nSPS) is 44.6. The molecule has 0 saturated carbocycles. The molecule has 5 aliphatic heterocycles. The SMILES string of the molecule is CC(=O)CC1(O)C(NC(C)=O)C(OC2C(CO)OC(OC3C(CO)OC(OC4C(CO)OC(O)C(NC(C)=O)C4O)C(NC(C)=O)C3O)C(NC(C)=O)C2O)OC(CO)C1OC1OC(CO)C(O)C(O)C1N. The molecule has 0 aromatic rings. The van der Waals surface area contributed by atoms with E-state index in [2.05, 4.69) is 21.3 Å². The van der Waals surface area contributed by atoms with Crippen LogP contribution in [-0.2, 0) is 66.6 Å². The van der Waals surface area contributed by atoms with Gasteiger partial charge in [-0.05, 0) is 6.92 Å². The number of Topliss-reactive ketones (excluding diaryl/α,β-unsaturated/α-hetero) is 1. The third-order valence-corrected chi connectivity index (χ3v) is 12.8. The predicted molar refractivity (Wildman–Crippen MR) is 229 cm³/mol. The van der Waals surface area contributed by atoms with Crippen LogP contribution in [0.3, 0.4) is 0 Å². The van der Waals surface area contributed by atoms with Crippen molar-refractivity contribution in [3.05, 3.63) is 0 Å². The Labute approximate surface area is 410 Å². The van der Waals surface area contributed by atoms with E-state index in [1.54, 1.807) is 0 Å². The van der Waals surface area contributed by atoms with Crippen molar-refractivity contribution in [2.75, 3.05) is 33.0 Å². The molecule has 25 atom stereocenters. The van der Waals surface area contributed by atoms with Crippen LogP contribution in [0.1, 0.15) is 41.0 Å². The van der Waals surface area contributed by atoms with Crippen LogP contribution < -0.4 is 27.0 Å². The van der Waals surface area contributed by atoms with E-state index in [0.29, 0.717) is 0 Å². The lowest BCUT2D eigenvalue weighted by Gasteiger charge is -2.54. The van der Waals surface area contributed by atoms with Crippen molar-refractivity contribution in [3.63, 3.8) is 0 Å². The molecule has 0 aromatic heterocycles. The third-order valence-electron chi connectivity index (χ3n) is 12.8. The Balaban J connectivity index is 1.45. The molecule has 72 heavy (non-hydrogen) atoms.